The lowest BCUT2D eigenvalue weighted by Crippen LogP contribution is -2.12. The van der Waals surface area contributed by atoms with Crippen LogP contribution < -0.4 is 0 Å². The van der Waals surface area contributed by atoms with Gasteiger partial charge in [-0.05, 0) is 13.8 Å². The molecule has 15 heavy (non-hydrogen) atoms. The quantitative estimate of drug-likeness (QED) is 0.561. The van der Waals surface area contributed by atoms with Crippen molar-refractivity contribution in [3.63, 3.8) is 0 Å². The van der Waals surface area contributed by atoms with Crippen molar-refractivity contribution in [2.24, 2.45) is 0 Å². The van der Waals surface area contributed by atoms with Crippen LogP contribution in [-0.4, -0.2) is 23.1 Å². The third-order valence-corrected chi connectivity index (χ3v) is 0.989. The lowest BCUT2D eigenvalue weighted by Gasteiger charge is -2.03. The molecule has 0 bridgehead atoms. The van der Waals surface area contributed by atoms with Crippen LogP contribution in [0.25, 0.3) is 0 Å². The molecule has 82 valence electrons. The number of carbonyl (C=O) groups is 2. The molecule has 0 aromatic carbocycles. The first-order chi connectivity index (χ1) is 6.84. The van der Waals surface area contributed by atoms with Crippen molar-refractivity contribution < 1.29 is 19.4 Å². The van der Waals surface area contributed by atoms with Crippen molar-refractivity contribution in [1.29, 1.82) is 5.26 Å². The molecule has 0 aromatic heterocycles. The fourth-order valence-corrected chi connectivity index (χ4v) is 0.288. The van der Waals surface area contributed by atoms with Gasteiger partial charge in [-0.1, -0.05) is 13.2 Å². The molecule has 0 saturated heterocycles. The normalized spacial score (nSPS) is 9.67. The van der Waals surface area contributed by atoms with E-state index in [0.717, 1.165) is 6.08 Å². The third-order valence-electron chi connectivity index (χ3n) is 0.989. The summed E-state index contributed by atoms with van der Waals surface area (Å²) >= 11 is 0. The molecule has 0 spiro atoms. The Labute approximate surface area is 88.3 Å². The highest BCUT2D eigenvalue weighted by Crippen LogP contribution is 1.95. The van der Waals surface area contributed by atoms with Gasteiger partial charge in [0.05, 0.1) is 0 Å². The summed E-state index contributed by atoms with van der Waals surface area (Å²) in [5.74, 6) is -1.50. The maximum atomic E-state index is 10.6. The average molecular weight is 211 g/mol. The van der Waals surface area contributed by atoms with Gasteiger partial charge in [-0.3, -0.25) is 0 Å². The van der Waals surface area contributed by atoms with Crippen molar-refractivity contribution in [1.82, 2.24) is 0 Å². The largest absolute Gasteiger partial charge is 0.478 e. The Hall–Kier alpha value is -2.09. The molecule has 0 rings (SSSR count). The van der Waals surface area contributed by atoms with E-state index in [1.165, 1.54) is 13.8 Å². The maximum Gasteiger partial charge on any atom is 0.334 e. The van der Waals surface area contributed by atoms with Gasteiger partial charge in [-0.15, -0.1) is 0 Å². The monoisotopic (exact) mass is 211 g/mol. The smallest absolute Gasteiger partial charge is 0.334 e. The summed E-state index contributed by atoms with van der Waals surface area (Å²) < 4.78 is 4.56. The van der Waals surface area contributed by atoms with Crippen LogP contribution in [0.5, 0.6) is 0 Å². The molecule has 0 fully saturated rings. The van der Waals surface area contributed by atoms with Crippen molar-refractivity contribution in [2.75, 3.05) is 0 Å². The predicted molar refractivity (Wildman–Crippen MR) is 53.8 cm³/mol. The van der Waals surface area contributed by atoms with Crippen LogP contribution in [0.15, 0.2) is 24.8 Å². The highest BCUT2D eigenvalue weighted by Gasteiger charge is 2.07. The molecule has 1 atom stereocenters. The lowest BCUT2D eigenvalue weighted by molar-refractivity contribution is -0.141. The van der Waals surface area contributed by atoms with Crippen LogP contribution in [0.2, 0.25) is 0 Å². The van der Waals surface area contributed by atoms with E-state index in [1.54, 1.807) is 6.07 Å². The summed E-state index contributed by atoms with van der Waals surface area (Å²) in [4.78, 5) is 19.9. The Morgan fingerprint density at radius 1 is 1.60 bits per heavy atom. The first-order valence-corrected chi connectivity index (χ1v) is 3.96. The SMILES string of the molecule is C=C(C)C(=O)OC(C)C#N.C=CC(=O)O. The Kier molecular flexibility index (Phi) is 8.72. The van der Waals surface area contributed by atoms with Gasteiger partial charge in [0, 0.05) is 11.6 Å². The second-order valence-corrected chi connectivity index (χ2v) is 2.50. The van der Waals surface area contributed by atoms with Gasteiger partial charge >= 0.3 is 11.9 Å². The number of carboxylic acids is 1. The highest BCUT2D eigenvalue weighted by molar-refractivity contribution is 5.87. The van der Waals surface area contributed by atoms with E-state index in [9.17, 15) is 9.59 Å². The van der Waals surface area contributed by atoms with E-state index in [1.807, 2.05) is 0 Å². The van der Waals surface area contributed by atoms with Crippen molar-refractivity contribution in [2.45, 2.75) is 20.0 Å². The van der Waals surface area contributed by atoms with Gasteiger partial charge < -0.3 is 9.84 Å². The number of carboxylic acid groups (broad SMARTS) is 1. The maximum absolute atomic E-state index is 10.6. The molecular weight excluding hydrogens is 198 g/mol. The molecule has 5 nitrogen and oxygen atoms in total. The summed E-state index contributed by atoms with van der Waals surface area (Å²) in [6, 6.07) is 1.77. The van der Waals surface area contributed by atoms with Gasteiger partial charge in [-0.2, -0.15) is 5.26 Å². The number of nitrogens with zero attached hydrogens (tertiary/aromatic N) is 1. The van der Waals surface area contributed by atoms with Crippen LogP contribution in [0.3, 0.4) is 0 Å². The first-order valence-electron chi connectivity index (χ1n) is 3.96. The van der Waals surface area contributed by atoms with Crippen LogP contribution in [-0.2, 0) is 14.3 Å². The average Bonchev–Trinajstić information content (AvgIpc) is 2.18. The third kappa shape index (κ3) is 11.9. The van der Waals surface area contributed by atoms with E-state index in [0.29, 0.717) is 5.57 Å². The lowest BCUT2D eigenvalue weighted by atomic mass is 10.3. The van der Waals surface area contributed by atoms with Gasteiger partial charge in [0.1, 0.15) is 6.07 Å². The molecule has 0 aliphatic carbocycles. The van der Waals surface area contributed by atoms with Gasteiger partial charge in [-0.25, -0.2) is 9.59 Å². The van der Waals surface area contributed by atoms with E-state index < -0.39 is 18.0 Å². The Bertz CT molecular complexity index is 301. The minimum atomic E-state index is -0.981. The van der Waals surface area contributed by atoms with Crippen molar-refractivity contribution in [3.05, 3.63) is 24.8 Å². The molecule has 5 heteroatoms. The van der Waals surface area contributed by atoms with Gasteiger partial charge in [0.15, 0.2) is 6.10 Å². The summed E-state index contributed by atoms with van der Waals surface area (Å²) in [5, 5.41) is 15.8. The van der Waals surface area contributed by atoms with E-state index in [4.69, 9.17) is 10.4 Å². The van der Waals surface area contributed by atoms with Gasteiger partial charge in [0.2, 0.25) is 0 Å². The summed E-state index contributed by atoms with van der Waals surface area (Å²) in [7, 11) is 0. The fraction of sp³-hybridized carbons (Fsp3) is 0.300. The number of hydrogen-bond acceptors (Lipinski definition) is 4. The minimum Gasteiger partial charge on any atom is -0.478 e. The number of hydrogen-bond donors (Lipinski definition) is 1. The second-order valence-electron chi connectivity index (χ2n) is 2.50. The van der Waals surface area contributed by atoms with Crippen LogP contribution >= 0.6 is 0 Å². The summed E-state index contributed by atoms with van der Waals surface area (Å²) in [5.41, 5.74) is 0.307. The Morgan fingerprint density at radius 3 is 2.20 bits per heavy atom. The number of nitriles is 1. The Morgan fingerprint density at radius 2 is 2.00 bits per heavy atom. The molecule has 1 N–H and O–H groups in total. The highest BCUT2D eigenvalue weighted by atomic mass is 16.5. The predicted octanol–water partition coefficient (Wildman–Crippen LogP) is 1.27. The fourth-order valence-electron chi connectivity index (χ4n) is 0.288. The number of rotatable bonds is 3. The topological polar surface area (TPSA) is 87.4 Å². The molecule has 0 amide bonds. The number of ether oxygens (including phenoxy) is 1. The molecule has 0 radical (unpaired) electrons. The van der Waals surface area contributed by atoms with Gasteiger partial charge in [0.25, 0.3) is 0 Å². The Balaban J connectivity index is 0. The molecule has 0 aliphatic heterocycles. The van der Waals surface area contributed by atoms with E-state index in [-0.39, 0.29) is 0 Å². The zero-order chi connectivity index (χ0) is 12.4. The molecular formula is C10H13NO4. The molecule has 1 unspecified atom stereocenters. The van der Waals surface area contributed by atoms with E-state index >= 15 is 0 Å². The van der Waals surface area contributed by atoms with Crippen LogP contribution in [0.4, 0.5) is 0 Å². The number of aliphatic carboxylic acids is 1. The zero-order valence-corrected chi connectivity index (χ0v) is 8.69. The van der Waals surface area contributed by atoms with Crippen LogP contribution in [0.1, 0.15) is 13.8 Å². The standard InChI is InChI=1S/C7H9NO2.C3H4O2/c1-5(2)7(9)10-6(3)4-8;1-2-3(4)5/h6H,1H2,2-3H3;2H,1H2,(H,4,5). The molecule has 0 aromatic rings. The molecule has 0 heterocycles. The molecule has 0 saturated carbocycles. The first kappa shape index (κ1) is 15.4. The zero-order valence-electron chi connectivity index (χ0n) is 8.69. The van der Waals surface area contributed by atoms with Crippen molar-refractivity contribution >= 4 is 11.9 Å². The summed E-state index contributed by atoms with van der Waals surface area (Å²) in [6.07, 6.45) is 0.143. The van der Waals surface area contributed by atoms with Crippen molar-refractivity contribution in [3.8, 4) is 6.07 Å². The van der Waals surface area contributed by atoms with E-state index in [2.05, 4.69) is 17.9 Å². The second kappa shape index (κ2) is 8.51. The summed E-state index contributed by atoms with van der Waals surface area (Å²) in [6.45, 7) is 9.35. The van der Waals surface area contributed by atoms with Crippen LogP contribution in [0, 0.1) is 11.3 Å². The number of carbonyl (C=O) groups excluding carboxylic acids is 1. The molecule has 0 aliphatic rings. The number of esters is 1. The minimum absolute atomic E-state index is 0.307.